The first-order valence-electron chi connectivity index (χ1n) is 9.98. The molecule has 2 saturated heterocycles. The van der Waals surface area contributed by atoms with Crippen LogP contribution in [0.25, 0.3) is 0 Å². The molecule has 2 heterocycles. The number of amides is 2. The summed E-state index contributed by atoms with van der Waals surface area (Å²) in [5.41, 5.74) is 0.777. The van der Waals surface area contributed by atoms with Gasteiger partial charge in [-0.2, -0.15) is 0 Å². The zero-order chi connectivity index (χ0) is 19.2. The van der Waals surface area contributed by atoms with E-state index in [0.717, 1.165) is 69.4 Å². The van der Waals surface area contributed by atoms with Gasteiger partial charge in [-0.05, 0) is 49.2 Å². The number of nitrogens with zero attached hydrogens (tertiary/aromatic N) is 2. The molecule has 0 aliphatic carbocycles. The number of likely N-dealkylation sites (tertiary alicyclic amines) is 1. The van der Waals surface area contributed by atoms with Gasteiger partial charge in [0.1, 0.15) is 11.5 Å². The molecular weight excluding hydrogens is 354 g/mol. The van der Waals surface area contributed by atoms with Gasteiger partial charge in [0.05, 0.1) is 13.2 Å². The van der Waals surface area contributed by atoms with Gasteiger partial charge < -0.3 is 19.7 Å². The summed E-state index contributed by atoms with van der Waals surface area (Å²) in [6.07, 6.45) is 2.19. The van der Waals surface area contributed by atoms with Crippen LogP contribution in [0.3, 0.4) is 0 Å². The third-order valence-electron chi connectivity index (χ3n) is 5.33. The zero-order valence-electron chi connectivity index (χ0n) is 16.0. The minimum absolute atomic E-state index is 0.0327. The zero-order valence-corrected chi connectivity index (χ0v) is 16.0. The average molecular weight is 381 g/mol. The fourth-order valence-electron chi connectivity index (χ4n) is 3.81. The highest BCUT2D eigenvalue weighted by Crippen LogP contribution is 2.23. The number of hydrogen-bond acceptors (Lipinski definition) is 4. The molecule has 0 aromatic heterocycles. The Labute approximate surface area is 166 Å². The summed E-state index contributed by atoms with van der Waals surface area (Å²) in [5, 5.41) is 3.01. The molecule has 2 aliphatic heterocycles. The number of nitrogens with one attached hydrogen (secondary N) is 1. The standard InChI is InChI=1S/C22H27N3O3/c26-22(25-12-4-5-19(17-25)24-13-15-27-16-14-24)23-18-8-10-21(11-9-18)28-20-6-2-1-3-7-20/h1-3,6-11,19H,4-5,12-17H2,(H,23,26)/t19-/m1/s1. The first-order valence-corrected chi connectivity index (χ1v) is 9.98. The van der Waals surface area contributed by atoms with Gasteiger partial charge in [-0.15, -0.1) is 0 Å². The van der Waals surface area contributed by atoms with Gasteiger partial charge >= 0.3 is 6.03 Å². The Morgan fingerprint density at radius 2 is 1.68 bits per heavy atom. The molecule has 2 aromatic carbocycles. The second kappa shape index (κ2) is 9.08. The van der Waals surface area contributed by atoms with Gasteiger partial charge in [0, 0.05) is 37.9 Å². The van der Waals surface area contributed by atoms with Crippen molar-refractivity contribution in [3.63, 3.8) is 0 Å². The second-order valence-corrected chi connectivity index (χ2v) is 7.26. The summed E-state index contributed by atoms with van der Waals surface area (Å²) >= 11 is 0. The molecule has 148 valence electrons. The molecule has 2 amide bonds. The predicted octanol–water partition coefficient (Wildman–Crippen LogP) is 3.81. The van der Waals surface area contributed by atoms with Crippen molar-refractivity contribution in [3.05, 3.63) is 54.6 Å². The maximum atomic E-state index is 12.7. The van der Waals surface area contributed by atoms with Crippen LogP contribution in [-0.4, -0.2) is 61.3 Å². The van der Waals surface area contributed by atoms with Gasteiger partial charge in [0.15, 0.2) is 0 Å². The molecule has 6 heteroatoms. The van der Waals surface area contributed by atoms with Crippen LogP contribution < -0.4 is 10.1 Å². The highest BCUT2D eigenvalue weighted by molar-refractivity contribution is 5.89. The molecule has 0 spiro atoms. The quantitative estimate of drug-likeness (QED) is 0.875. The topological polar surface area (TPSA) is 54.0 Å². The minimum Gasteiger partial charge on any atom is -0.457 e. The van der Waals surface area contributed by atoms with Crippen molar-refractivity contribution >= 4 is 11.7 Å². The number of morpholine rings is 1. The fraction of sp³-hybridized carbons (Fsp3) is 0.409. The number of benzene rings is 2. The number of rotatable bonds is 4. The minimum atomic E-state index is -0.0327. The van der Waals surface area contributed by atoms with Crippen molar-refractivity contribution in [1.29, 1.82) is 0 Å². The van der Waals surface area contributed by atoms with E-state index in [1.807, 2.05) is 59.5 Å². The van der Waals surface area contributed by atoms with E-state index in [-0.39, 0.29) is 6.03 Å². The first kappa shape index (κ1) is 18.8. The summed E-state index contributed by atoms with van der Waals surface area (Å²) < 4.78 is 11.2. The number of piperidine rings is 1. The van der Waals surface area contributed by atoms with Crippen LogP contribution in [0, 0.1) is 0 Å². The van der Waals surface area contributed by atoms with Crippen molar-refractivity contribution in [1.82, 2.24) is 9.80 Å². The Bertz CT molecular complexity index is 760. The Morgan fingerprint density at radius 1 is 0.964 bits per heavy atom. The summed E-state index contributed by atoms with van der Waals surface area (Å²) in [5.74, 6) is 1.54. The molecule has 2 aromatic rings. The lowest BCUT2D eigenvalue weighted by atomic mass is 10.0. The van der Waals surface area contributed by atoms with E-state index in [9.17, 15) is 4.79 Å². The molecule has 6 nitrogen and oxygen atoms in total. The van der Waals surface area contributed by atoms with Crippen LogP contribution in [0.4, 0.5) is 10.5 Å². The molecule has 1 N–H and O–H groups in total. The van der Waals surface area contributed by atoms with E-state index in [1.165, 1.54) is 0 Å². The van der Waals surface area contributed by atoms with Crippen molar-refractivity contribution in [3.8, 4) is 11.5 Å². The third kappa shape index (κ3) is 4.82. The van der Waals surface area contributed by atoms with E-state index in [4.69, 9.17) is 9.47 Å². The monoisotopic (exact) mass is 381 g/mol. The molecule has 1 atom stereocenters. The highest BCUT2D eigenvalue weighted by Gasteiger charge is 2.28. The molecule has 0 bridgehead atoms. The van der Waals surface area contributed by atoms with Gasteiger partial charge in [0.25, 0.3) is 0 Å². The molecule has 4 rings (SSSR count). The summed E-state index contributed by atoms with van der Waals surface area (Å²) in [6.45, 7) is 5.09. The Balaban J connectivity index is 1.31. The lowest BCUT2D eigenvalue weighted by molar-refractivity contribution is 0.00248. The van der Waals surface area contributed by atoms with Crippen molar-refractivity contribution in [2.75, 3.05) is 44.7 Å². The fourth-order valence-corrected chi connectivity index (χ4v) is 3.81. The molecule has 0 saturated carbocycles. The maximum Gasteiger partial charge on any atom is 0.321 e. The summed E-state index contributed by atoms with van der Waals surface area (Å²) in [7, 11) is 0. The van der Waals surface area contributed by atoms with Crippen LogP contribution in [-0.2, 0) is 4.74 Å². The van der Waals surface area contributed by atoms with Crippen molar-refractivity contribution in [2.45, 2.75) is 18.9 Å². The van der Waals surface area contributed by atoms with Crippen LogP contribution in [0.1, 0.15) is 12.8 Å². The Kier molecular flexibility index (Phi) is 6.09. The van der Waals surface area contributed by atoms with Crippen LogP contribution in [0.5, 0.6) is 11.5 Å². The number of anilines is 1. The van der Waals surface area contributed by atoms with Gasteiger partial charge in [-0.1, -0.05) is 18.2 Å². The molecule has 0 unspecified atom stereocenters. The third-order valence-corrected chi connectivity index (χ3v) is 5.33. The molecule has 28 heavy (non-hydrogen) atoms. The number of ether oxygens (including phenoxy) is 2. The SMILES string of the molecule is O=C(Nc1ccc(Oc2ccccc2)cc1)N1CCC[C@@H](N2CCOCC2)C1. The van der Waals surface area contributed by atoms with Crippen molar-refractivity contribution < 1.29 is 14.3 Å². The van der Waals surface area contributed by atoms with E-state index in [0.29, 0.717) is 6.04 Å². The molecule has 2 aliphatic rings. The van der Waals surface area contributed by atoms with E-state index in [2.05, 4.69) is 10.2 Å². The highest BCUT2D eigenvalue weighted by atomic mass is 16.5. The van der Waals surface area contributed by atoms with Gasteiger partial charge in [-0.3, -0.25) is 4.90 Å². The summed E-state index contributed by atoms with van der Waals surface area (Å²) in [4.78, 5) is 17.1. The molecular formula is C22H27N3O3. The molecule has 0 radical (unpaired) electrons. The normalized spacial score (nSPS) is 20.6. The Morgan fingerprint density at radius 3 is 2.43 bits per heavy atom. The van der Waals surface area contributed by atoms with Gasteiger partial charge in [-0.25, -0.2) is 4.79 Å². The average Bonchev–Trinajstić information content (AvgIpc) is 2.76. The maximum absolute atomic E-state index is 12.7. The molecule has 2 fully saturated rings. The number of carbonyl (C=O) groups excluding carboxylic acids is 1. The number of carbonyl (C=O) groups is 1. The largest absolute Gasteiger partial charge is 0.457 e. The smallest absolute Gasteiger partial charge is 0.321 e. The second-order valence-electron chi connectivity index (χ2n) is 7.26. The van der Waals surface area contributed by atoms with E-state index >= 15 is 0 Å². The van der Waals surface area contributed by atoms with Gasteiger partial charge in [0.2, 0.25) is 0 Å². The Hall–Kier alpha value is -2.57. The van der Waals surface area contributed by atoms with Crippen LogP contribution in [0.15, 0.2) is 54.6 Å². The summed E-state index contributed by atoms with van der Waals surface area (Å²) in [6, 6.07) is 17.5. The first-order chi connectivity index (χ1) is 13.8. The lowest BCUT2D eigenvalue weighted by Crippen LogP contribution is -2.53. The lowest BCUT2D eigenvalue weighted by Gasteiger charge is -2.40. The van der Waals surface area contributed by atoms with Crippen molar-refractivity contribution in [2.24, 2.45) is 0 Å². The predicted molar refractivity (Wildman–Crippen MR) is 109 cm³/mol. The van der Waals surface area contributed by atoms with E-state index in [1.54, 1.807) is 0 Å². The van der Waals surface area contributed by atoms with Crippen LogP contribution >= 0.6 is 0 Å². The number of hydrogen-bond donors (Lipinski definition) is 1. The van der Waals surface area contributed by atoms with Crippen LogP contribution in [0.2, 0.25) is 0 Å². The van der Waals surface area contributed by atoms with E-state index < -0.39 is 0 Å². The number of para-hydroxylation sites is 1. The number of urea groups is 1.